The molecule has 2 atom stereocenters. The minimum atomic E-state index is -3.60. The topological polar surface area (TPSA) is 185 Å². The lowest BCUT2D eigenvalue weighted by Gasteiger charge is -2.28. The minimum Gasteiger partial charge on any atom is -0.465 e. The standard InChI is InChI=1S/C23H39N8O6P/c1-5-16(21(32)36-7-3)29-38(34,30-17(6-2)22(33)37-8-4)14-35-12-11-31-13-25-18-19(26-15-9-10-15)27-23(24)28-20(18)31/h13,15-17H,5-12,14H2,1-4H3,(H2,29,30,34)(H3,24,26,27,28)/t16-,17-/m0/s1. The van der Waals surface area contributed by atoms with Crippen LogP contribution in [-0.4, -0.2) is 75.8 Å². The van der Waals surface area contributed by atoms with Gasteiger partial charge in [0.2, 0.25) is 13.4 Å². The Labute approximate surface area is 222 Å². The number of carbonyl (C=O) groups is 2. The Bertz CT molecular complexity index is 1110. The lowest BCUT2D eigenvalue weighted by atomic mass is 10.2. The van der Waals surface area contributed by atoms with Crippen molar-refractivity contribution in [3.8, 4) is 0 Å². The lowest BCUT2D eigenvalue weighted by Crippen LogP contribution is -2.44. The molecule has 3 rings (SSSR count). The first kappa shape index (κ1) is 29.8. The summed E-state index contributed by atoms with van der Waals surface area (Å²) in [7, 11) is -3.60. The molecule has 1 saturated carbocycles. The smallest absolute Gasteiger partial charge is 0.323 e. The lowest BCUT2D eigenvalue weighted by molar-refractivity contribution is -0.145. The molecule has 0 spiro atoms. The van der Waals surface area contributed by atoms with Crippen LogP contribution in [0.25, 0.3) is 11.2 Å². The van der Waals surface area contributed by atoms with Crippen molar-refractivity contribution in [3.63, 3.8) is 0 Å². The second kappa shape index (κ2) is 13.8. The third-order valence-electron chi connectivity index (χ3n) is 5.84. The van der Waals surface area contributed by atoms with Crippen molar-refractivity contribution >= 4 is 42.3 Å². The fourth-order valence-corrected chi connectivity index (χ4v) is 5.92. The van der Waals surface area contributed by atoms with Crippen LogP contribution in [0.15, 0.2) is 6.33 Å². The molecule has 1 aliphatic carbocycles. The van der Waals surface area contributed by atoms with E-state index >= 15 is 0 Å². The number of imidazole rings is 1. The fourth-order valence-electron chi connectivity index (χ4n) is 3.72. The monoisotopic (exact) mass is 554 g/mol. The predicted octanol–water partition coefficient (Wildman–Crippen LogP) is 2.01. The highest BCUT2D eigenvalue weighted by Gasteiger charge is 2.34. The van der Waals surface area contributed by atoms with Crippen molar-refractivity contribution in [1.82, 2.24) is 29.7 Å². The van der Waals surface area contributed by atoms with E-state index < -0.39 is 31.5 Å². The highest BCUT2D eigenvalue weighted by molar-refractivity contribution is 7.59. The van der Waals surface area contributed by atoms with Gasteiger partial charge in [-0.15, -0.1) is 0 Å². The number of nitrogens with one attached hydrogen (secondary N) is 3. The zero-order chi connectivity index (χ0) is 27.7. The van der Waals surface area contributed by atoms with Gasteiger partial charge < -0.3 is 29.8 Å². The maximum absolute atomic E-state index is 13.9. The van der Waals surface area contributed by atoms with Crippen LogP contribution < -0.4 is 21.2 Å². The molecule has 5 N–H and O–H groups in total. The molecule has 38 heavy (non-hydrogen) atoms. The average molecular weight is 555 g/mol. The molecule has 0 radical (unpaired) electrons. The number of esters is 2. The summed E-state index contributed by atoms with van der Waals surface area (Å²) in [4.78, 5) is 37.8. The van der Waals surface area contributed by atoms with Crippen LogP contribution in [0.2, 0.25) is 0 Å². The normalized spacial score (nSPS) is 15.3. The minimum absolute atomic E-state index is 0.135. The molecule has 0 bridgehead atoms. The number of rotatable bonds is 17. The van der Waals surface area contributed by atoms with Crippen LogP contribution in [-0.2, 0) is 34.9 Å². The van der Waals surface area contributed by atoms with Gasteiger partial charge in [0.1, 0.15) is 18.4 Å². The molecule has 15 heteroatoms. The number of carbonyl (C=O) groups excluding carboxylic acids is 2. The van der Waals surface area contributed by atoms with E-state index in [1.807, 2.05) is 0 Å². The van der Waals surface area contributed by atoms with Crippen LogP contribution in [0.1, 0.15) is 53.4 Å². The second-order valence-electron chi connectivity index (χ2n) is 8.92. The molecule has 0 aliphatic heterocycles. The number of ether oxygens (including phenoxy) is 3. The van der Waals surface area contributed by atoms with Crippen LogP contribution in [0.3, 0.4) is 0 Å². The third-order valence-corrected chi connectivity index (χ3v) is 7.84. The van der Waals surface area contributed by atoms with Gasteiger partial charge in [0.15, 0.2) is 17.0 Å². The molecule has 2 heterocycles. The van der Waals surface area contributed by atoms with Crippen molar-refractivity contribution in [1.29, 1.82) is 0 Å². The zero-order valence-corrected chi connectivity index (χ0v) is 23.3. The average Bonchev–Trinajstić information content (AvgIpc) is 3.61. The SMILES string of the molecule is CCOC(=O)[C@H](CC)NP(=O)(COCCn1cnc2c(NC3CC3)nc(N)nc21)N[C@@H](CC)C(=O)OCC. The zero-order valence-electron chi connectivity index (χ0n) is 22.4. The fraction of sp³-hybridized carbons (Fsp3) is 0.696. The summed E-state index contributed by atoms with van der Waals surface area (Å²) in [5, 5.41) is 9.04. The number of hydrogen-bond donors (Lipinski definition) is 4. The summed E-state index contributed by atoms with van der Waals surface area (Å²) in [6.45, 7) is 7.82. The van der Waals surface area contributed by atoms with Gasteiger partial charge in [-0.2, -0.15) is 9.97 Å². The molecule has 0 amide bonds. The van der Waals surface area contributed by atoms with Gasteiger partial charge >= 0.3 is 11.9 Å². The van der Waals surface area contributed by atoms with Crippen LogP contribution >= 0.6 is 7.44 Å². The molecular weight excluding hydrogens is 515 g/mol. The van der Waals surface area contributed by atoms with Gasteiger partial charge in [-0.1, -0.05) is 13.8 Å². The highest BCUT2D eigenvalue weighted by Crippen LogP contribution is 2.38. The van der Waals surface area contributed by atoms with E-state index in [-0.39, 0.29) is 32.1 Å². The predicted molar refractivity (Wildman–Crippen MR) is 143 cm³/mol. The number of anilines is 2. The Kier molecular flexibility index (Phi) is 10.8. The maximum Gasteiger partial charge on any atom is 0.323 e. The number of hydrogen-bond acceptors (Lipinski definition) is 11. The van der Waals surface area contributed by atoms with Gasteiger partial charge in [0.25, 0.3) is 0 Å². The van der Waals surface area contributed by atoms with E-state index in [1.165, 1.54) is 0 Å². The van der Waals surface area contributed by atoms with E-state index in [2.05, 4.69) is 30.4 Å². The second-order valence-corrected chi connectivity index (χ2v) is 11.2. The van der Waals surface area contributed by atoms with Crippen molar-refractivity contribution in [3.05, 3.63) is 6.33 Å². The van der Waals surface area contributed by atoms with Gasteiger partial charge in [0.05, 0.1) is 26.1 Å². The van der Waals surface area contributed by atoms with E-state index in [9.17, 15) is 14.2 Å². The Morgan fingerprint density at radius 3 is 2.21 bits per heavy atom. The van der Waals surface area contributed by atoms with Gasteiger partial charge in [0, 0.05) is 12.6 Å². The molecule has 14 nitrogen and oxygen atoms in total. The van der Waals surface area contributed by atoms with E-state index in [0.29, 0.717) is 42.4 Å². The van der Waals surface area contributed by atoms with E-state index in [1.54, 1.807) is 38.6 Å². The first-order valence-corrected chi connectivity index (χ1v) is 14.9. The quantitative estimate of drug-likeness (QED) is 0.127. The first-order chi connectivity index (χ1) is 18.2. The third kappa shape index (κ3) is 8.10. The molecule has 1 aliphatic rings. The van der Waals surface area contributed by atoms with Gasteiger partial charge in [-0.25, -0.2) is 15.2 Å². The van der Waals surface area contributed by atoms with E-state index in [4.69, 9.17) is 19.9 Å². The molecular formula is C23H39N8O6P. The molecule has 0 unspecified atom stereocenters. The number of nitrogens with two attached hydrogens (primary N) is 1. The highest BCUT2D eigenvalue weighted by atomic mass is 31.2. The maximum atomic E-state index is 13.9. The molecule has 0 aromatic carbocycles. The van der Waals surface area contributed by atoms with Crippen molar-refractivity contribution in [2.45, 2.75) is 78.0 Å². The Morgan fingerprint density at radius 1 is 1.08 bits per heavy atom. The van der Waals surface area contributed by atoms with Crippen molar-refractivity contribution in [2.24, 2.45) is 0 Å². The molecule has 212 valence electrons. The van der Waals surface area contributed by atoms with Gasteiger partial charge in [-0.3, -0.25) is 14.2 Å². The summed E-state index contributed by atoms with van der Waals surface area (Å²) < 4.78 is 31.7. The summed E-state index contributed by atoms with van der Waals surface area (Å²) >= 11 is 0. The number of fused-ring (bicyclic) bond motifs is 1. The largest absolute Gasteiger partial charge is 0.465 e. The van der Waals surface area contributed by atoms with Crippen LogP contribution in [0, 0.1) is 0 Å². The van der Waals surface area contributed by atoms with E-state index in [0.717, 1.165) is 12.8 Å². The molecule has 2 aromatic rings. The van der Waals surface area contributed by atoms with Crippen molar-refractivity contribution in [2.75, 3.05) is 37.2 Å². The van der Waals surface area contributed by atoms with Crippen molar-refractivity contribution < 1.29 is 28.4 Å². The summed E-state index contributed by atoms with van der Waals surface area (Å²) in [5.41, 5.74) is 7.08. The summed E-state index contributed by atoms with van der Waals surface area (Å²) in [5.74, 6) is -0.324. The first-order valence-electron chi connectivity index (χ1n) is 13.0. The Balaban J connectivity index is 1.69. The molecule has 0 saturated heterocycles. The molecule has 1 fully saturated rings. The Morgan fingerprint density at radius 2 is 1.68 bits per heavy atom. The van der Waals surface area contributed by atoms with Crippen LogP contribution in [0.5, 0.6) is 0 Å². The number of nitrogen functional groups attached to an aromatic ring is 1. The number of nitrogens with zero attached hydrogens (tertiary/aromatic N) is 4. The molecule has 2 aromatic heterocycles. The Hall–Kier alpha value is -2.80. The number of aromatic nitrogens is 4. The van der Waals surface area contributed by atoms with Crippen LogP contribution in [0.4, 0.5) is 11.8 Å². The van der Waals surface area contributed by atoms with Gasteiger partial charge in [-0.05, 0) is 39.5 Å². The summed E-state index contributed by atoms with van der Waals surface area (Å²) in [6.07, 6.45) is 4.16. The summed E-state index contributed by atoms with van der Waals surface area (Å²) in [6, 6.07) is -1.31.